The highest BCUT2D eigenvalue weighted by Gasteiger charge is 2.16. The molecule has 0 spiro atoms. The number of rotatable bonds is 4. The molecule has 0 saturated heterocycles. The molecule has 2 heterocycles. The summed E-state index contributed by atoms with van der Waals surface area (Å²) in [4.78, 5) is 16.6. The van der Waals surface area contributed by atoms with Crippen molar-refractivity contribution in [1.29, 1.82) is 0 Å². The molecule has 3 aromatic rings. The molecule has 0 radical (unpaired) electrons. The molecule has 0 unspecified atom stereocenters. The Labute approximate surface area is 143 Å². The van der Waals surface area contributed by atoms with Gasteiger partial charge in [0.2, 0.25) is 17.0 Å². The molecule has 1 amide bonds. The minimum Gasteiger partial charge on any atom is -0.444 e. The van der Waals surface area contributed by atoms with E-state index in [1.54, 1.807) is 13.2 Å². The second kappa shape index (κ2) is 6.49. The van der Waals surface area contributed by atoms with Gasteiger partial charge in [0, 0.05) is 16.8 Å². The van der Waals surface area contributed by atoms with Crippen molar-refractivity contribution in [3.8, 4) is 11.5 Å². The lowest BCUT2D eigenvalue weighted by molar-refractivity contribution is -0.115. The Morgan fingerprint density at radius 1 is 1.29 bits per heavy atom. The van der Waals surface area contributed by atoms with Gasteiger partial charge in [-0.1, -0.05) is 11.2 Å². The lowest BCUT2D eigenvalue weighted by Crippen LogP contribution is -2.15. The van der Waals surface area contributed by atoms with Crippen molar-refractivity contribution in [3.63, 3.8) is 0 Å². The third-order valence-corrected chi connectivity index (χ3v) is 3.94. The van der Waals surface area contributed by atoms with Crippen LogP contribution in [0.4, 0.5) is 5.69 Å². The summed E-state index contributed by atoms with van der Waals surface area (Å²) in [6.45, 7) is 5.56. The summed E-state index contributed by atoms with van der Waals surface area (Å²) in [5.74, 6) is 0.320. The summed E-state index contributed by atoms with van der Waals surface area (Å²) in [6.07, 6.45) is 1.69. The highest BCUT2D eigenvalue weighted by atomic mass is 35.5. The first kappa shape index (κ1) is 16.3. The third kappa shape index (κ3) is 3.33. The van der Waals surface area contributed by atoms with Gasteiger partial charge in [-0.15, -0.1) is 0 Å². The van der Waals surface area contributed by atoms with Crippen LogP contribution in [0.1, 0.15) is 22.5 Å². The van der Waals surface area contributed by atoms with E-state index in [9.17, 15) is 4.79 Å². The lowest BCUT2D eigenvalue weighted by atomic mass is 10.1. The van der Waals surface area contributed by atoms with Gasteiger partial charge < -0.3 is 14.3 Å². The molecular formula is C17H16ClN3O3. The number of nitrogens with one attached hydrogen (secondary N) is 1. The van der Waals surface area contributed by atoms with E-state index in [0.717, 1.165) is 16.8 Å². The molecule has 0 aliphatic rings. The van der Waals surface area contributed by atoms with E-state index in [0.29, 0.717) is 22.8 Å². The fourth-order valence-corrected chi connectivity index (χ4v) is 2.57. The maximum Gasteiger partial charge on any atom is 0.229 e. The normalized spacial score (nSPS) is 10.8. The summed E-state index contributed by atoms with van der Waals surface area (Å²) in [5.41, 5.74) is 4.49. The number of amides is 1. The van der Waals surface area contributed by atoms with Crippen LogP contribution in [0, 0.1) is 20.8 Å². The maximum atomic E-state index is 12.2. The van der Waals surface area contributed by atoms with Crippen LogP contribution in [-0.4, -0.2) is 16.0 Å². The molecule has 124 valence electrons. The molecule has 0 aliphatic carbocycles. The smallest absolute Gasteiger partial charge is 0.229 e. The second-order valence-corrected chi connectivity index (χ2v) is 5.91. The van der Waals surface area contributed by atoms with Crippen molar-refractivity contribution in [1.82, 2.24) is 10.1 Å². The van der Waals surface area contributed by atoms with Gasteiger partial charge in [0.05, 0.1) is 17.8 Å². The Hall–Kier alpha value is -2.60. The van der Waals surface area contributed by atoms with Gasteiger partial charge >= 0.3 is 0 Å². The highest BCUT2D eigenvalue weighted by Crippen LogP contribution is 2.26. The lowest BCUT2D eigenvalue weighted by Gasteiger charge is -2.08. The third-order valence-electron chi connectivity index (χ3n) is 3.64. The summed E-state index contributed by atoms with van der Waals surface area (Å²) in [5, 5.41) is 6.72. The van der Waals surface area contributed by atoms with E-state index in [1.807, 2.05) is 32.0 Å². The molecule has 7 heteroatoms. The van der Waals surface area contributed by atoms with Crippen LogP contribution in [0.3, 0.4) is 0 Å². The number of nitrogens with zero attached hydrogens (tertiary/aromatic N) is 2. The minimum atomic E-state index is -0.207. The van der Waals surface area contributed by atoms with Crippen molar-refractivity contribution in [2.75, 3.05) is 5.32 Å². The molecule has 0 atom stereocenters. The zero-order valence-corrected chi connectivity index (χ0v) is 14.3. The molecule has 1 N–H and O–H groups in total. The molecule has 24 heavy (non-hydrogen) atoms. The van der Waals surface area contributed by atoms with E-state index in [4.69, 9.17) is 20.5 Å². The van der Waals surface area contributed by atoms with Crippen molar-refractivity contribution in [3.05, 3.63) is 52.2 Å². The van der Waals surface area contributed by atoms with Crippen LogP contribution >= 0.6 is 11.6 Å². The molecule has 0 aliphatic heterocycles. The van der Waals surface area contributed by atoms with Crippen LogP contribution in [0.5, 0.6) is 0 Å². The standard InChI is InChI=1S/C17H16ClN3O3/c1-9-4-5-12(6-13(9)17-19-10(2)8-23-17)20-15(22)7-14-11(3)21-24-16(14)18/h4-6,8H,7H2,1-3H3,(H,20,22). The van der Waals surface area contributed by atoms with E-state index in [-0.39, 0.29) is 17.5 Å². The zero-order chi connectivity index (χ0) is 17.3. The number of anilines is 1. The van der Waals surface area contributed by atoms with Gasteiger partial charge in [0.25, 0.3) is 0 Å². The molecule has 6 nitrogen and oxygen atoms in total. The van der Waals surface area contributed by atoms with Crippen molar-refractivity contribution >= 4 is 23.2 Å². The Morgan fingerprint density at radius 2 is 2.08 bits per heavy atom. The molecular weight excluding hydrogens is 330 g/mol. The monoisotopic (exact) mass is 345 g/mol. The van der Waals surface area contributed by atoms with E-state index >= 15 is 0 Å². The first-order valence-corrected chi connectivity index (χ1v) is 7.75. The molecule has 0 saturated carbocycles. The Kier molecular flexibility index (Phi) is 4.40. The molecule has 1 aromatic carbocycles. The first-order chi connectivity index (χ1) is 11.4. The van der Waals surface area contributed by atoms with Crippen LogP contribution < -0.4 is 5.32 Å². The summed E-state index contributed by atoms with van der Waals surface area (Å²) >= 11 is 5.89. The van der Waals surface area contributed by atoms with Crippen LogP contribution in [0.25, 0.3) is 11.5 Å². The average Bonchev–Trinajstić information content (AvgIpc) is 3.10. The Balaban J connectivity index is 1.79. The molecule has 3 rings (SSSR count). The van der Waals surface area contributed by atoms with Crippen molar-refractivity contribution < 1.29 is 13.7 Å². The van der Waals surface area contributed by atoms with Gasteiger partial charge in [-0.3, -0.25) is 4.79 Å². The minimum absolute atomic E-state index is 0.0927. The summed E-state index contributed by atoms with van der Waals surface area (Å²) in [6, 6.07) is 5.57. The van der Waals surface area contributed by atoms with E-state index in [2.05, 4.69) is 15.5 Å². The Bertz CT molecular complexity index is 879. The number of oxazole rings is 1. The average molecular weight is 346 g/mol. The van der Waals surface area contributed by atoms with Crippen LogP contribution in [0.15, 0.2) is 33.4 Å². The topological polar surface area (TPSA) is 81.2 Å². The number of hydrogen-bond donors (Lipinski definition) is 1. The maximum absolute atomic E-state index is 12.2. The van der Waals surface area contributed by atoms with Crippen LogP contribution in [0.2, 0.25) is 5.22 Å². The number of benzene rings is 1. The van der Waals surface area contributed by atoms with Gasteiger partial charge in [-0.05, 0) is 50.1 Å². The first-order valence-electron chi connectivity index (χ1n) is 7.37. The molecule has 0 bridgehead atoms. The molecule has 0 fully saturated rings. The predicted molar refractivity (Wildman–Crippen MR) is 90.0 cm³/mol. The molecule has 2 aromatic heterocycles. The predicted octanol–water partition coefficient (Wildman–Crippen LogP) is 4.09. The van der Waals surface area contributed by atoms with Gasteiger partial charge in [-0.25, -0.2) is 4.98 Å². The van der Waals surface area contributed by atoms with Crippen molar-refractivity contribution in [2.45, 2.75) is 27.2 Å². The van der Waals surface area contributed by atoms with E-state index < -0.39 is 0 Å². The van der Waals surface area contributed by atoms with Gasteiger partial charge in [0.15, 0.2) is 0 Å². The van der Waals surface area contributed by atoms with Crippen molar-refractivity contribution in [2.24, 2.45) is 0 Å². The quantitative estimate of drug-likeness (QED) is 0.770. The zero-order valence-electron chi connectivity index (χ0n) is 13.5. The largest absolute Gasteiger partial charge is 0.444 e. The number of aryl methyl sites for hydroxylation is 3. The number of carbonyl (C=O) groups is 1. The van der Waals surface area contributed by atoms with E-state index in [1.165, 1.54) is 0 Å². The number of hydrogen-bond acceptors (Lipinski definition) is 5. The fourth-order valence-electron chi connectivity index (χ4n) is 2.33. The fraction of sp³-hybridized carbons (Fsp3) is 0.235. The Morgan fingerprint density at radius 3 is 2.71 bits per heavy atom. The second-order valence-electron chi connectivity index (χ2n) is 5.57. The SMILES string of the molecule is Cc1coc(-c2cc(NC(=O)Cc3c(C)noc3Cl)ccc2C)n1. The highest BCUT2D eigenvalue weighted by molar-refractivity contribution is 6.29. The number of aromatic nitrogens is 2. The van der Waals surface area contributed by atoms with Gasteiger partial charge in [0.1, 0.15) is 6.26 Å². The number of carbonyl (C=O) groups excluding carboxylic acids is 1. The summed E-state index contributed by atoms with van der Waals surface area (Å²) in [7, 11) is 0. The summed E-state index contributed by atoms with van der Waals surface area (Å²) < 4.78 is 10.3. The van der Waals surface area contributed by atoms with Crippen LogP contribution in [-0.2, 0) is 11.2 Å². The number of halogens is 1. The van der Waals surface area contributed by atoms with Gasteiger partial charge in [-0.2, -0.15) is 0 Å².